The van der Waals surface area contributed by atoms with Gasteiger partial charge in [-0.3, -0.25) is 14.9 Å². The number of carbonyl (C=O) groups is 1. The highest BCUT2D eigenvalue weighted by Crippen LogP contribution is 2.37. The minimum Gasteiger partial charge on any atom is -0.481 e. The van der Waals surface area contributed by atoms with Crippen LogP contribution >= 0.6 is 11.6 Å². The van der Waals surface area contributed by atoms with Crippen molar-refractivity contribution < 1.29 is 19.2 Å². The van der Waals surface area contributed by atoms with E-state index in [0.29, 0.717) is 6.54 Å². The number of carboxylic acids is 1. The Kier molecular flexibility index (Phi) is 3.80. The van der Waals surface area contributed by atoms with Gasteiger partial charge in [0.2, 0.25) is 0 Å². The Balaban J connectivity index is 2.41. The van der Waals surface area contributed by atoms with E-state index in [4.69, 9.17) is 16.7 Å². The van der Waals surface area contributed by atoms with Crippen LogP contribution in [0.15, 0.2) is 12.1 Å². The molecule has 108 valence electrons. The van der Waals surface area contributed by atoms with Gasteiger partial charge < -0.3 is 10.0 Å². The molecule has 0 bridgehead atoms. The molecule has 1 saturated heterocycles. The van der Waals surface area contributed by atoms with Gasteiger partial charge in [-0.15, -0.1) is 0 Å². The molecule has 1 aliphatic heterocycles. The van der Waals surface area contributed by atoms with Crippen LogP contribution in [0.5, 0.6) is 0 Å². The molecule has 0 aliphatic carbocycles. The fourth-order valence-electron chi connectivity index (χ4n) is 2.41. The molecule has 1 aliphatic rings. The second-order valence-electron chi connectivity index (χ2n) is 4.84. The van der Waals surface area contributed by atoms with Gasteiger partial charge in [0.25, 0.3) is 5.69 Å². The Morgan fingerprint density at radius 2 is 2.20 bits per heavy atom. The van der Waals surface area contributed by atoms with E-state index in [-0.39, 0.29) is 28.9 Å². The summed E-state index contributed by atoms with van der Waals surface area (Å²) in [5.41, 5.74) is -0.262. The third-order valence-electron chi connectivity index (χ3n) is 3.48. The van der Waals surface area contributed by atoms with Crippen LogP contribution < -0.4 is 4.90 Å². The number of aliphatic carboxylic acids is 1. The molecule has 20 heavy (non-hydrogen) atoms. The van der Waals surface area contributed by atoms with Crippen molar-refractivity contribution in [3.05, 3.63) is 33.1 Å². The molecule has 1 aromatic rings. The summed E-state index contributed by atoms with van der Waals surface area (Å²) >= 11 is 5.55. The van der Waals surface area contributed by atoms with Gasteiger partial charge in [-0.2, -0.15) is 0 Å². The number of nitro groups is 1. The van der Waals surface area contributed by atoms with Crippen molar-refractivity contribution >= 4 is 28.9 Å². The number of hydrogen-bond donors (Lipinski definition) is 1. The molecule has 1 N–H and O–H groups in total. The number of rotatable bonds is 3. The van der Waals surface area contributed by atoms with Gasteiger partial charge in [0.05, 0.1) is 15.9 Å². The Morgan fingerprint density at radius 3 is 2.70 bits per heavy atom. The number of anilines is 1. The highest BCUT2D eigenvalue weighted by atomic mass is 35.5. The minimum absolute atomic E-state index is 0.0625. The van der Waals surface area contributed by atoms with Crippen molar-refractivity contribution in [2.75, 3.05) is 18.0 Å². The number of nitro benzene ring substituents is 1. The molecule has 1 aromatic carbocycles. The van der Waals surface area contributed by atoms with Gasteiger partial charge in [-0.25, -0.2) is 4.39 Å². The lowest BCUT2D eigenvalue weighted by Gasteiger charge is -2.18. The summed E-state index contributed by atoms with van der Waals surface area (Å²) in [4.78, 5) is 23.0. The average molecular weight is 303 g/mol. The molecule has 0 aromatic heterocycles. The summed E-state index contributed by atoms with van der Waals surface area (Å²) in [6.07, 6.45) is 0. The van der Waals surface area contributed by atoms with Crippen LogP contribution in [0.3, 0.4) is 0 Å². The van der Waals surface area contributed by atoms with Crippen molar-refractivity contribution in [1.29, 1.82) is 0 Å². The van der Waals surface area contributed by atoms with Crippen LogP contribution in [-0.4, -0.2) is 29.1 Å². The molecule has 0 amide bonds. The zero-order chi connectivity index (χ0) is 15.0. The molecule has 2 rings (SSSR count). The zero-order valence-corrected chi connectivity index (χ0v) is 11.3. The second kappa shape index (κ2) is 5.24. The SMILES string of the molecule is C[C@@H]1CN(c2cc(F)c(Cl)cc2[N+](=O)[O-])C[C@H]1C(=O)O. The summed E-state index contributed by atoms with van der Waals surface area (Å²) in [7, 11) is 0. The van der Waals surface area contributed by atoms with Crippen molar-refractivity contribution in [3.8, 4) is 0 Å². The van der Waals surface area contributed by atoms with E-state index in [0.717, 1.165) is 12.1 Å². The van der Waals surface area contributed by atoms with Crippen LogP contribution in [0.1, 0.15) is 6.92 Å². The minimum atomic E-state index is -0.961. The molecule has 0 saturated carbocycles. The van der Waals surface area contributed by atoms with Crippen LogP contribution in [0.4, 0.5) is 15.8 Å². The fourth-order valence-corrected chi connectivity index (χ4v) is 2.57. The lowest BCUT2D eigenvalue weighted by atomic mass is 9.99. The lowest BCUT2D eigenvalue weighted by molar-refractivity contribution is -0.384. The van der Waals surface area contributed by atoms with Crippen LogP contribution in [-0.2, 0) is 4.79 Å². The molecule has 6 nitrogen and oxygen atoms in total. The summed E-state index contributed by atoms with van der Waals surface area (Å²) in [5.74, 6) is -2.53. The molecule has 0 unspecified atom stereocenters. The highest BCUT2D eigenvalue weighted by Gasteiger charge is 2.37. The maximum absolute atomic E-state index is 13.5. The summed E-state index contributed by atoms with van der Waals surface area (Å²) in [5, 5.41) is 19.8. The largest absolute Gasteiger partial charge is 0.481 e. The summed E-state index contributed by atoms with van der Waals surface area (Å²) in [6, 6.07) is 1.93. The Bertz CT molecular complexity index is 581. The molecule has 0 spiro atoms. The van der Waals surface area contributed by atoms with Crippen molar-refractivity contribution in [2.24, 2.45) is 11.8 Å². The van der Waals surface area contributed by atoms with Gasteiger partial charge in [0.1, 0.15) is 11.5 Å². The van der Waals surface area contributed by atoms with Gasteiger partial charge in [-0.1, -0.05) is 18.5 Å². The Hall–Kier alpha value is -1.89. The maximum atomic E-state index is 13.5. The smallest absolute Gasteiger partial charge is 0.308 e. The summed E-state index contributed by atoms with van der Waals surface area (Å²) in [6.45, 7) is 2.17. The first-order valence-electron chi connectivity index (χ1n) is 5.92. The number of carboxylic acid groups (broad SMARTS) is 1. The van der Waals surface area contributed by atoms with Gasteiger partial charge >= 0.3 is 5.97 Å². The van der Waals surface area contributed by atoms with E-state index < -0.39 is 22.6 Å². The van der Waals surface area contributed by atoms with E-state index >= 15 is 0 Å². The van der Waals surface area contributed by atoms with Gasteiger partial charge in [-0.05, 0) is 5.92 Å². The molecule has 1 heterocycles. The predicted molar refractivity (Wildman–Crippen MR) is 70.6 cm³/mol. The molecule has 1 fully saturated rings. The van der Waals surface area contributed by atoms with Crippen molar-refractivity contribution in [2.45, 2.75) is 6.92 Å². The van der Waals surface area contributed by atoms with Crippen LogP contribution in [0.25, 0.3) is 0 Å². The number of halogens is 2. The first kappa shape index (κ1) is 14.5. The van der Waals surface area contributed by atoms with Crippen LogP contribution in [0, 0.1) is 27.8 Å². The van der Waals surface area contributed by atoms with E-state index in [1.54, 1.807) is 6.92 Å². The quantitative estimate of drug-likeness (QED) is 0.685. The van der Waals surface area contributed by atoms with E-state index in [1.807, 2.05) is 0 Å². The average Bonchev–Trinajstić information content (AvgIpc) is 2.74. The van der Waals surface area contributed by atoms with Gasteiger partial charge in [0, 0.05) is 25.2 Å². The lowest BCUT2D eigenvalue weighted by Crippen LogP contribution is -2.23. The monoisotopic (exact) mass is 302 g/mol. The van der Waals surface area contributed by atoms with E-state index in [2.05, 4.69) is 0 Å². The first-order valence-corrected chi connectivity index (χ1v) is 6.30. The number of hydrogen-bond acceptors (Lipinski definition) is 4. The normalized spacial score (nSPS) is 22.1. The standard InChI is InChI=1S/C12H12ClFN2O4/c1-6-4-15(5-7(6)12(17)18)10-3-9(14)8(13)2-11(10)16(19)20/h2-3,6-7H,4-5H2,1H3,(H,17,18)/t6-,7-/m1/s1. The Morgan fingerprint density at radius 1 is 1.55 bits per heavy atom. The first-order chi connectivity index (χ1) is 9.31. The van der Waals surface area contributed by atoms with Crippen LogP contribution in [0.2, 0.25) is 5.02 Å². The second-order valence-corrected chi connectivity index (χ2v) is 5.25. The third kappa shape index (κ3) is 2.53. The number of benzene rings is 1. The topological polar surface area (TPSA) is 83.7 Å². The zero-order valence-electron chi connectivity index (χ0n) is 10.5. The van der Waals surface area contributed by atoms with Gasteiger partial charge in [0.15, 0.2) is 0 Å². The van der Waals surface area contributed by atoms with E-state index in [1.165, 1.54) is 4.90 Å². The number of nitrogens with zero attached hydrogens (tertiary/aromatic N) is 2. The third-order valence-corrected chi connectivity index (χ3v) is 3.77. The molecular weight excluding hydrogens is 291 g/mol. The molecular formula is C12H12ClFN2O4. The van der Waals surface area contributed by atoms with E-state index in [9.17, 15) is 19.3 Å². The maximum Gasteiger partial charge on any atom is 0.308 e. The fraction of sp³-hybridized carbons (Fsp3) is 0.417. The molecule has 8 heteroatoms. The van der Waals surface area contributed by atoms with Crippen molar-refractivity contribution in [1.82, 2.24) is 0 Å². The highest BCUT2D eigenvalue weighted by molar-refractivity contribution is 6.31. The molecule has 0 radical (unpaired) electrons. The van der Waals surface area contributed by atoms with Crippen molar-refractivity contribution in [3.63, 3.8) is 0 Å². The Labute approximate surface area is 118 Å². The summed E-state index contributed by atoms with van der Waals surface area (Å²) < 4.78 is 13.5. The predicted octanol–water partition coefficient (Wildman–Crippen LogP) is 2.54. The molecule has 2 atom stereocenters.